The third kappa shape index (κ3) is 2.56. The van der Waals surface area contributed by atoms with E-state index >= 15 is 0 Å². The van der Waals surface area contributed by atoms with Crippen LogP contribution in [0.3, 0.4) is 0 Å². The lowest BCUT2D eigenvalue weighted by atomic mass is 10.2. The van der Waals surface area contributed by atoms with Crippen molar-refractivity contribution < 1.29 is 0 Å². The van der Waals surface area contributed by atoms with Gasteiger partial charge in [0.15, 0.2) is 0 Å². The highest BCUT2D eigenvalue weighted by Gasteiger charge is 2.09. The van der Waals surface area contributed by atoms with Gasteiger partial charge in [-0.15, -0.1) is 0 Å². The molecule has 0 radical (unpaired) electrons. The van der Waals surface area contributed by atoms with E-state index in [0.29, 0.717) is 0 Å². The van der Waals surface area contributed by atoms with Gasteiger partial charge in [0.05, 0.1) is 0 Å². The number of rotatable bonds is 2. The standard InChI is InChI=1S/C13H14ClN3/c1-9-5-4-6-11(7-9)17(3)12-10(2)8-15-13(14)16-12/h4-8H,1-3H3. The average Bonchev–Trinajstić information content (AvgIpc) is 2.31. The Kier molecular flexibility index (Phi) is 3.29. The molecule has 0 aliphatic carbocycles. The van der Waals surface area contributed by atoms with Crippen LogP contribution in [0.1, 0.15) is 11.1 Å². The van der Waals surface area contributed by atoms with Gasteiger partial charge in [0.25, 0.3) is 0 Å². The van der Waals surface area contributed by atoms with E-state index in [2.05, 4.69) is 29.0 Å². The molecule has 1 aromatic heterocycles. The predicted molar refractivity (Wildman–Crippen MR) is 71.0 cm³/mol. The normalized spacial score (nSPS) is 10.4. The first kappa shape index (κ1) is 11.9. The van der Waals surface area contributed by atoms with Crippen LogP contribution in [0.25, 0.3) is 0 Å². The van der Waals surface area contributed by atoms with E-state index in [0.717, 1.165) is 17.1 Å². The minimum Gasteiger partial charge on any atom is -0.329 e. The summed E-state index contributed by atoms with van der Waals surface area (Å²) in [5, 5.41) is 0.269. The zero-order valence-electron chi connectivity index (χ0n) is 10.1. The van der Waals surface area contributed by atoms with E-state index in [1.54, 1.807) is 6.20 Å². The van der Waals surface area contributed by atoms with Gasteiger partial charge in [-0.05, 0) is 43.1 Å². The third-order valence-electron chi connectivity index (χ3n) is 2.62. The van der Waals surface area contributed by atoms with Gasteiger partial charge in [-0.1, -0.05) is 12.1 Å². The Labute approximate surface area is 106 Å². The van der Waals surface area contributed by atoms with Crippen LogP contribution in [-0.4, -0.2) is 17.0 Å². The molecule has 0 unspecified atom stereocenters. The SMILES string of the molecule is Cc1cccc(N(C)c2nc(Cl)ncc2C)c1. The highest BCUT2D eigenvalue weighted by atomic mass is 35.5. The van der Waals surface area contributed by atoms with Crippen LogP contribution in [0.5, 0.6) is 0 Å². The van der Waals surface area contributed by atoms with Crippen molar-refractivity contribution in [3.63, 3.8) is 0 Å². The number of anilines is 2. The summed E-state index contributed by atoms with van der Waals surface area (Å²) in [6.07, 6.45) is 1.73. The average molecular weight is 248 g/mol. The molecule has 0 saturated heterocycles. The highest BCUT2D eigenvalue weighted by molar-refractivity contribution is 6.28. The summed E-state index contributed by atoms with van der Waals surface area (Å²) in [5.41, 5.74) is 3.30. The zero-order valence-corrected chi connectivity index (χ0v) is 10.9. The van der Waals surface area contributed by atoms with E-state index in [1.165, 1.54) is 5.56 Å². The Bertz CT molecular complexity index is 540. The molecule has 0 spiro atoms. The number of benzene rings is 1. The molecule has 0 N–H and O–H groups in total. The van der Waals surface area contributed by atoms with Crippen LogP contribution < -0.4 is 4.90 Å². The second-order valence-corrected chi connectivity index (χ2v) is 4.38. The second-order valence-electron chi connectivity index (χ2n) is 4.04. The van der Waals surface area contributed by atoms with Crippen molar-refractivity contribution in [3.05, 3.63) is 46.9 Å². The number of hydrogen-bond acceptors (Lipinski definition) is 3. The van der Waals surface area contributed by atoms with Crippen LogP contribution in [0, 0.1) is 13.8 Å². The first-order valence-electron chi connectivity index (χ1n) is 5.37. The summed E-state index contributed by atoms with van der Waals surface area (Å²) in [6.45, 7) is 4.04. The van der Waals surface area contributed by atoms with Gasteiger partial charge >= 0.3 is 0 Å². The minimum atomic E-state index is 0.269. The summed E-state index contributed by atoms with van der Waals surface area (Å²) in [6, 6.07) is 8.24. The van der Waals surface area contributed by atoms with Crippen LogP contribution in [0.4, 0.5) is 11.5 Å². The molecule has 0 fully saturated rings. The monoisotopic (exact) mass is 247 g/mol. The summed E-state index contributed by atoms with van der Waals surface area (Å²) in [5.74, 6) is 0.829. The molecule has 2 aromatic rings. The molecular weight excluding hydrogens is 234 g/mol. The van der Waals surface area contributed by atoms with Gasteiger partial charge in [0.1, 0.15) is 5.82 Å². The van der Waals surface area contributed by atoms with E-state index in [4.69, 9.17) is 11.6 Å². The lowest BCUT2D eigenvalue weighted by Crippen LogP contribution is -2.13. The summed E-state index contributed by atoms with van der Waals surface area (Å²) < 4.78 is 0. The number of aryl methyl sites for hydroxylation is 2. The molecule has 0 saturated carbocycles. The van der Waals surface area contributed by atoms with Gasteiger partial charge in [0, 0.05) is 24.5 Å². The number of hydrogen-bond donors (Lipinski definition) is 0. The predicted octanol–water partition coefficient (Wildman–Crippen LogP) is 3.51. The van der Waals surface area contributed by atoms with E-state index in [9.17, 15) is 0 Å². The Morgan fingerprint density at radius 1 is 1.24 bits per heavy atom. The van der Waals surface area contributed by atoms with Crippen molar-refractivity contribution >= 4 is 23.1 Å². The lowest BCUT2D eigenvalue weighted by Gasteiger charge is -2.20. The first-order valence-corrected chi connectivity index (χ1v) is 5.75. The smallest absolute Gasteiger partial charge is 0.224 e. The fourth-order valence-corrected chi connectivity index (χ4v) is 1.84. The summed E-state index contributed by atoms with van der Waals surface area (Å²) >= 11 is 5.83. The molecule has 4 heteroatoms. The van der Waals surface area contributed by atoms with Crippen LogP contribution >= 0.6 is 11.6 Å². The molecule has 0 amide bonds. The van der Waals surface area contributed by atoms with Gasteiger partial charge in [-0.3, -0.25) is 0 Å². The third-order valence-corrected chi connectivity index (χ3v) is 2.80. The molecule has 0 aliphatic heterocycles. The highest BCUT2D eigenvalue weighted by Crippen LogP contribution is 2.25. The fourth-order valence-electron chi connectivity index (χ4n) is 1.71. The summed E-state index contributed by atoms with van der Waals surface area (Å²) in [4.78, 5) is 10.2. The maximum absolute atomic E-state index is 5.83. The van der Waals surface area contributed by atoms with Crippen molar-refractivity contribution in [2.24, 2.45) is 0 Å². The maximum Gasteiger partial charge on any atom is 0.224 e. The fraction of sp³-hybridized carbons (Fsp3) is 0.231. The quantitative estimate of drug-likeness (QED) is 0.761. The van der Waals surface area contributed by atoms with Crippen molar-refractivity contribution in [1.29, 1.82) is 0 Å². The van der Waals surface area contributed by atoms with Crippen molar-refractivity contribution in [3.8, 4) is 0 Å². The van der Waals surface area contributed by atoms with Gasteiger partial charge in [-0.25, -0.2) is 4.98 Å². The number of aromatic nitrogens is 2. The molecule has 17 heavy (non-hydrogen) atoms. The topological polar surface area (TPSA) is 29.0 Å². The number of nitrogens with zero attached hydrogens (tertiary/aromatic N) is 3. The number of halogens is 1. The Morgan fingerprint density at radius 2 is 2.00 bits per heavy atom. The molecule has 88 valence electrons. The lowest BCUT2D eigenvalue weighted by molar-refractivity contribution is 1.05. The molecule has 0 aliphatic rings. The van der Waals surface area contributed by atoms with Crippen molar-refractivity contribution in [1.82, 2.24) is 9.97 Å². The Morgan fingerprint density at radius 3 is 2.71 bits per heavy atom. The van der Waals surface area contributed by atoms with E-state index in [1.807, 2.05) is 31.0 Å². The largest absolute Gasteiger partial charge is 0.329 e. The van der Waals surface area contributed by atoms with Gasteiger partial charge in [0.2, 0.25) is 5.28 Å². The molecule has 1 heterocycles. The summed E-state index contributed by atoms with van der Waals surface area (Å²) in [7, 11) is 1.97. The van der Waals surface area contributed by atoms with Crippen molar-refractivity contribution in [2.45, 2.75) is 13.8 Å². The molecular formula is C13H14ClN3. The second kappa shape index (κ2) is 4.72. The van der Waals surface area contributed by atoms with Crippen LogP contribution in [0.15, 0.2) is 30.5 Å². The van der Waals surface area contributed by atoms with Gasteiger partial charge < -0.3 is 4.90 Å². The molecule has 1 aromatic carbocycles. The molecule has 3 nitrogen and oxygen atoms in total. The van der Waals surface area contributed by atoms with Crippen LogP contribution in [0.2, 0.25) is 5.28 Å². The Hall–Kier alpha value is -1.61. The van der Waals surface area contributed by atoms with Crippen molar-refractivity contribution in [2.75, 3.05) is 11.9 Å². The first-order chi connectivity index (χ1) is 8.08. The van der Waals surface area contributed by atoms with Gasteiger partial charge in [-0.2, -0.15) is 4.98 Å². The van der Waals surface area contributed by atoms with E-state index < -0.39 is 0 Å². The minimum absolute atomic E-state index is 0.269. The molecule has 0 atom stereocenters. The molecule has 2 rings (SSSR count). The van der Waals surface area contributed by atoms with E-state index in [-0.39, 0.29) is 5.28 Å². The Balaban J connectivity index is 2.43. The zero-order chi connectivity index (χ0) is 12.4. The molecule has 0 bridgehead atoms. The van der Waals surface area contributed by atoms with Crippen LogP contribution in [-0.2, 0) is 0 Å². The maximum atomic E-state index is 5.83.